The Bertz CT molecular complexity index is 2110. The molecule has 1 atom stereocenters. The van der Waals surface area contributed by atoms with Crippen LogP contribution in [0.4, 0.5) is 0 Å². The number of allylic oxidation sites excluding steroid dienone is 1. The second-order valence-corrected chi connectivity index (χ2v) is 12.4. The van der Waals surface area contributed by atoms with Gasteiger partial charge in [0, 0.05) is 0 Å². The molecule has 0 aliphatic carbocycles. The Balaban J connectivity index is 1.58. The predicted octanol–water partition coefficient (Wildman–Crippen LogP) is 5.71. The van der Waals surface area contributed by atoms with Crippen molar-refractivity contribution in [1.82, 2.24) is 4.57 Å². The Labute approximate surface area is 286 Å². The first kappa shape index (κ1) is 34.3. The molecular formula is C36H34ClN3O7S. The minimum atomic E-state index is -0.833. The number of aromatic nitrogens is 1. The van der Waals surface area contributed by atoms with Crippen LogP contribution in [0.5, 0.6) is 23.0 Å². The monoisotopic (exact) mass is 687 g/mol. The maximum Gasteiger partial charge on any atom is 0.338 e. The number of rotatable bonds is 11. The van der Waals surface area contributed by atoms with Gasteiger partial charge in [-0.25, -0.2) is 9.79 Å². The van der Waals surface area contributed by atoms with Crippen LogP contribution in [0.1, 0.15) is 56.0 Å². The van der Waals surface area contributed by atoms with Gasteiger partial charge >= 0.3 is 5.97 Å². The Kier molecular flexibility index (Phi) is 10.6. The summed E-state index contributed by atoms with van der Waals surface area (Å²) in [6.45, 7) is 7.64. The topological polar surface area (TPSA) is 121 Å². The quantitative estimate of drug-likeness (QED) is 0.184. The fraction of sp³-hybridized carbons (Fsp3) is 0.278. The number of hydrogen-bond acceptors (Lipinski definition) is 10. The molecule has 10 nitrogen and oxygen atoms in total. The molecule has 248 valence electrons. The molecule has 0 N–H and O–H groups in total. The van der Waals surface area contributed by atoms with Crippen molar-refractivity contribution in [2.45, 2.75) is 46.4 Å². The largest absolute Gasteiger partial charge is 0.493 e. The van der Waals surface area contributed by atoms with Gasteiger partial charge in [0.2, 0.25) is 0 Å². The van der Waals surface area contributed by atoms with Gasteiger partial charge in [0.05, 0.1) is 65.4 Å². The minimum absolute atomic E-state index is 0.0880. The zero-order chi connectivity index (χ0) is 34.5. The molecule has 5 rings (SSSR count). The summed E-state index contributed by atoms with van der Waals surface area (Å²) in [6, 6.07) is 17.0. The first-order valence-electron chi connectivity index (χ1n) is 15.1. The van der Waals surface area contributed by atoms with Gasteiger partial charge in [-0.1, -0.05) is 41.1 Å². The molecule has 1 aliphatic heterocycles. The Morgan fingerprint density at radius 1 is 1.08 bits per heavy atom. The van der Waals surface area contributed by atoms with Crippen LogP contribution >= 0.6 is 22.9 Å². The molecule has 0 amide bonds. The summed E-state index contributed by atoms with van der Waals surface area (Å²) in [4.78, 5) is 32.6. The van der Waals surface area contributed by atoms with Gasteiger partial charge in [-0.05, 0) is 86.9 Å². The van der Waals surface area contributed by atoms with E-state index < -0.39 is 12.0 Å². The van der Waals surface area contributed by atoms with Gasteiger partial charge in [-0.15, -0.1) is 0 Å². The number of esters is 1. The summed E-state index contributed by atoms with van der Waals surface area (Å²) < 4.78 is 30.4. The summed E-state index contributed by atoms with van der Waals surface area (Å²) in [5.41, 5.74) is 2.98. The number of benzene rings is 3. The third-order valence-electron chi connectivity index (χ3n) is 7.40. The Hall–Kier alpha value is -5.05. The van der Waals surface area contributed by atoms with Gasteiger partial charge < -0.3 is 23.7 Å². The van der Waals surface area contributed by atoms with E-state index in [0.29, 0.717) is 54.7 Å². The lowest BCUT2D eigenvalue weighted by Crippen LogP contribution is -2.40. The molecule has 0 saturated heterocycles. The van der Waals surface area contributed by atoms with Gasteiger partial charge in [0.15, 0.2) is 27.8 Å². The summed E-state index contributed by atoms with van der Waals surface area (Å²) >= 11 is 7.86. The number of methoxy groups -OCH3 is 2. The SMILES string of the molecule is CCOC(=O)C1=C(C)N=c2s/c(=C/c3cc(Cl)c(OCc4ccc(C#N)cc4)c(OC)c3)c(=O)n2[C@@H]1c1ccc(OC(C)C)c(OC)c1. The van der Waals surface area contributed by atoms with Crippen LogP contribution < -0.4 is 33.8 Å². The van der Waals surface area contributed by atoms with E-state index in [4.69, 9.17) is 40.5 Å². The molecule has 12 heteroatoms. The molecule has 4 aromatic rings. The second-order valence-electron chi connectivity index (χ2n) is 11.0. The Morgan fingerprint density at radius 3 is 2.46 bits per heavy atom. The molecule has 48 heavy (non-hydrogen) atoms. The molecule has 0 spiro atoms. The van der Waals surface area contributed by atoms with E-state index in [0.717, 1.165) is 5.56 Å². The van der Waals surface area contributed by atoms with Crippen LogP contribution in [-0.2, 0) is 16.1 Å². The maximum atomic E-state index is 14.2. The number of nitriles is 1. The minimum Gasteiger partial charge on any atom is -0.493 e. The lowest BCUT2D eigenvalue weighted by atomic mass is 9.95. The number of nitrogens with zero attached hydrogens (tertiary/aromatic N) is 3. The normalized spacial score (nSPS) is 14.2. The average molecular weight is 688 g/mol. The molecular weight excluding hydrogens is 654 g/mol. The maximum absolute atomic E-state index is 14.2. The highest BCUT2D eigenvalue weighted by Crippen LogP contribution is 2.38. The molecule has 0 unspecified atom stereocenters. The van der Waals surface area contributed by atoms with Crippen molar-refractivity contribution in [1.29, 1.82) is 5.26 Å². The van der Waals surface area contributed by atoms with Gasteiger partial charge in [0.1, 0.15) is 6.61 Å². The fourth-order valence-electron chi connectivity index (χ4n) is 5.26. The standard InChI is InChI=1S/C36H34ClN3O7S/c1-7-45-35(42)31-21(4)39-36-40(32(31)25-12-13-27(47-20(2)3)28(17-25)43-5)34(41)30(48-36)16-24-14-26(37)33(29(15-24)44-6)46-19-23-10-8-22(18-38)9-11-23/h8-17,20,32H,7,19H2,1-6H3/b30-16+/t32-/m1/s1. The van der Waals surface area contributed by atoms with E-state index in [1.54, 1.807) is 74.5 Å². The summed E-state index contributed by atoms with van der Waals surface area (Å²) in [5.74, 6) is 1.16. The number of carbonyl (C=O) groups excluding carboxylic acids is 1. The van der Waals surface area contributed by atoms with E-state index in [1.165, 1.54) is 30.1 Å². The van der Waals surface area contributed by atoms with Crippen molar-refractivity contribution in [2.75, 3.05) is 20.8 Å². The van der Waals surface area contributed by atoms with Crippen LogP contribution in [0.15, 0.2) is 75.7 Å². The highest BCUT2D eigenvalue weighted by molar-refractivity contribution is 7.07. The lowest BCUT2D eigenvalue weighted by Gasteiger charge is -2.25. The number of halogens is 1. The number of thiazole rings is 1. The van der Waals surface area contributed by atoms with E-state index in [1.807, 2.05) is 13.8 Å². The lowest BCUT2D eigenvalue weighted by molar-refractivity contribution is -0.139. The van der Waals surface area contributed by atoms with Crippen molar-refractivity contribution in [3.05, 3.63) is 113 Å². The second kappa shape index (κ2) is 14.8. The van der Waals surface area contributed by atoms with Gasteiger partial charge in [-0.2, -0.15) is 5.26 Å². The van der Waals surface area contributed by atoms with Gasteiger partial charge in [0.25, 0.3) is 5.56 Å². The Morgan fingerprint density at radius 2 is 1.81 bits per heavy atom. The highest BCUT2D eigenvalue weighted by Gasteiger charge is 2.34. The molecule has 0 saturated carbocycles. The van der Waals surface area contributed by atoms with E-state index >= 15 is 0 Å². The first-order chi connectivity index (χ1) is 23.1. The van der Waals surface area contributed by atoms with Crippen molar-refractivity contribution in [2.24, 2.45) is 4.99 Å². The number of carbonyl (C=O) groups is 1. The van der Waals surface area contributed by atoms with Crippen molar-refractivity contribution in [3.8, 4) is 29.1 Å². The smallest absolute Gasteiger partial charge is 0.338 e. The fourth-order valence-corrected chi connectivity index (χ4v) is 6.58. The van der Waals surface area contributed by atoms with Crippen LogP contribution in [0, 0.1) is 11.3 Å². The first-order valence-corrected chi connectivity index (χ1v) is 16.3. The molecule has 2 heterocycles. The molecule has 0 fully saturated rings. The zero-order valence-corrected chi connectivity index (χ0v) is 28.9. The predicted molar refractivity (Wildman–Crippen MR) is 183 cm³/mol. The summed E-state index contributed by atoms with van der Waals surface area (Å²) in [6.07, 6.45) is 1.61. The number of fused-ring (bicyclic) bond motifs is 1. The van der Waals surface area contributed by atoms with E-state index in [9.17, 15) is 9.59 Å². The average Bonchev–Trinajstić information content (AvgIpc) is 3.37. The molecule has 3 aromatic carbocycles. The number of hydrogen-bond donors (Lipinski definition) is 0. The van der Waals surface area contributed by atoms with Crippen LogP contribution in [0.3, 0.4) is 0 Å². The molecule has 0 radical (unpaired) electrons. The van der Waals surface area contributed by atoms with Crippen molar-refractivity contribution in [3.63, 3.8) is 0 Å². The van der Waals surface area contributed by atoms with E-state index in [2.05, 4.69) is 11.1 Å². The highest BCUT2D eigenvalue weighted by atomic mass is 35.5. The van der Waals surface area contributed by atoms with E-state index in [-0.39, 0.29) is 35.5 Å². The van der Waals surface area contributed by atoms with Crippen LogP contribution in [0.2, 0.25) is 5.02 Å². The third-order valence-corrected chi connectivity index (χ3v) is 8.66. The van der Waals surface area contributed by atoms with Crippen molar-refractivity contribution < 1.29 is 28.5 Å². The summed E-state index contributed by atoms with van der Waals surface area (Å²) in [7, 11) is 3.04. The molecule has 1 aliphatic rings. The summed E-state index contributed by atoms with van der Waals surface area (Å²) in [5, 5.41) is 9.34. The third kappa shape index (κ3) is 7.10. The molecule has 0 bridgehead atoms. The zero-order valence-electron chi connectivity index (χ0n) is 27.3. The van der Waals surface area contributed by atoms with Gasteiger partial charge in [-0.3, -0.25) is 9.36 Å². The van der Waals surface area contributed by atoms with Crippen LogP contribution in [0.25, 0.3) is 6.08 Å². The van der Waals surface area contributed by atoms with Crippen LogP contribution in [-0.4, -0.2) is 37.5 Å². The number of ether oxygens (including phenoxy) is 5. The molecule has 1 aromatic heterocycles. The van der Waals surface area contributed by atoms with Crippen molar-refractivity contribution >= 4 is 35.0 Å².